The molecule has 2 aliphatic heterocycles. The second-order valence-electron chi connectivity index (χ2n) is 8.63. The highest BCUT2D eigenvalue weighted by molar-refractivity contribution is 6.00. The number of nitrogens with one attached hydrogen (secondary N) is 2. The molecule has 33 heavy (non-hydrogen) atoms. The van der Waals surface area contributed by atoms with Gasteiger partial charge in [-0.15, -0.1) is 0 Å². The number of rotatable bonds is 9. The van der Waals surface area contributed by atoms with Crippen LogP contribution in [-0.4, -0.2) is 72.5 Å². The van der Waals surface area contributed by atoms with Crippen LogP contribution in [0, 0.1) is 0 Å². The van der Waals surface area contributed by atoms with Crippen LogP contribution in [0.1, 0.15) is 29.6 Å². The molecular weight excluding hydrogens is 423 g/mol. The van der Waals surface area contributed by atoms with E-state index in [0.29, 0.717) is 38.2 Å². The van der Waals surface area contributed by atoms with Gasteiger partial charge < -0.3 is 20.6 Å². The van der Waals surface area contributed by atoms with Crippen molar-refractivity contribution in [1.82, 2.24) is 15.5 Å². The number of piperidine rings is 1. The smallest absolute Gasteiger partial charge is 0.247 e. The lowest BCUT2D eigenvalue weighted by molar-refractivity contribution is -0.125. The van der Waals surface area contributed by atoms with Gasteiger partial charge in [-0.1, -0.05) is 48.5 Å². The molecule has 4 rings (SSSR count). The predicted molar refractivity (Wildman–Crippen MR) is 125 cm³/mol. The van der Waals surface area contributed by atoms with Crippen LogP contribution in [0.3, 0.4) is 0 Å². The van der Waals surface area contributed by atoms with E-state index in [0.717, 1.165) is 5.69 Å². The van der Waals surface area contributed by atoms with Crippen LogP contribution in [0.25, 0.3) is 0 Å². The maximum atomic E-state index is 15.4. The summed E-state index contributed by atoms with van der Waals surface area (Å²) in [7, 11) is 0. The number of aliphatic hydroxyl groups is 1. The van der Waals surface area contributed by atoms with E-state index >= 15 is 4.39 Å². The maximum absolute atomic E-state index is 15.4. The maximum Gasteiger partial charge on any atom is 0.247 e. The molecule has 1 spiro atoms. The molecule has 3 N–H and O–H groups in total. The minimum Gasteiger partial charge on any atom is -0.395 e. The lowest BCUT2D eigenvalue weighted by Gasteiger charge is -2.44. The van der Waals surface area contributed by atoms with Crippen LogP contribution < -0.4 is 15.5 Å². The fourth-order valence-corrected chi connectivity index (χ4v) is 4.88. The Kier molecular flexibility index (Phi) is 7.37. The standard InChI is InChI=1S/C25H31FN4O3/c26-22(17-21(27-13-16-31)23(32)19-7-3-1-4-8-19)29-14-11-25(12-15-29)24(33)28-18-30(25)20-9-5-2-6-10-20/h1-10,21-22,27,31H,11-18H2,(H,28,33). The number of amides is 1. The van der Waals surface area contributed by atoms with E-state index in [4.69, 9.17) is 0 Å². The molecule has 0 aromatic heterocycles. The normalized spacial score (nSPS) is 19.9. The van der Waals surface area contributed by atoms with Gasteiger partial charge in [0.25, 0.3) is 0 Å². The van der Waals surface area contributed by atoms with Gasteiger partial charge in [0.1, 0.15) is 5.54 Å². The first kappa shape index (κ1) is 23.4. The molecule has 2 aliphatic rings. The largest absolute Gasteiger partial charge is 0.395 e. The fourth-order valence-electron chi connectivity index (χ4n) is 4.88. The van der Waals surface area contributed by atoms with E-state index in [1.54, 1.807) is 29.2 Å². The number of likely N-dealkylation sites (tertiary alicyclic amines) is 1. The Morgan fingerprint density at radius 1 is 1.09 bits per heavy atom. The zero-order valence-electron chi connectivity index (χ0n) is 18.6. The van der Waals surface area contributed by atoms with Crippen LogP contribution in [0.5, 0.6) is 0 Å². The number of Topliss-reactive ketones (excluding diaryl/α,β-unsaturated/α-hetero) is 1. The molecule has 2 heterocycles. The minimum absolute atomic E-state index is 0.0110. The zero-order chi connectivity index (χ0) is 23.3. The average Bonchev–Trinajstić information content (AvgIpc) is 3.17. The number of nitrogens with zero attached hydrogens (tertiary/aromatic N) is 2. The Morgan fingerprint density at radius 2 is 1.73 bits per heavy atom. The molecule has 0 bridgehead atoms. The Morgan fingerprint density at radius 3 is 2.36 bits per heavy atom. The summed E-state index contributed by atoms with van der Waals surface area (Å²) in [5.74, 6) is -0.200. The topological polar surface area (TPSA) is 84.9 Å². The zero-order valence-corrected chi connectivity index (χ0v) is 18.6. The van der Waals surface area contributed by atoms with Crippen LogP contribution >= 0.6 is 0 Å². The quantitative estimate of drug-likeness (QED) is 0.397. The Bertz CT molecular complexity index is 935. The van der Waals surface area contributed by atoms with Crippen molar-refractivity contribution in [2.24, 2.45) is 0 Å². The number of benzene rings is 2. The molecule has 2 aromatic rings. The molecule has 8 heteroatoms. The summed E-state index contributed by atoms with van der Waals surface area (Å²) >= 11 is 0. The molecule has 2 atom stereocenters. The van der Waals surface area contributed by atoms with Crippen LogP contribution in [0.15, 0.2) is 60.7 Å². The number of aliphatic hydroxyl groups excluding tert-OH is 1. The number of alkyl halides is 1. The van der Waals surface area contributed by atoms with Crippen molar-refractivity contribution in [3.05, 3.63) is 66.2 Å². The molecule has 2 fully saturated rings. The number of carbonyl (C=O) groups excluding carboxylic acids is 2. The first-order valence-electron chi connectivity index (χ1n) is 11.5. The monoisotopic (exact) mass is 454 g/mol. The highest BCUT2D eigenvalue weighted by Crippen LogP contribution is 2.37. The molecule has 0 aliphatic carbocycles. The Labute approximate surface area is 193 Å². The summed E-state index contributed by atoms with van der Waals surface area (Å²) in [6, 6.07) is 17.9. The highest BCUT2D eigenvalue weighted by Gasteiger charge is 2.51. The number of anilines is 1. The third-order valence-corrected chi connectivity index (χ3v) is 6.73. The summed E-state index contributed by atoms with van der Waals surface area (Å²) in [5, 5.41) is 15.1. The first-order valence-corrected chi connectivity index (χ1v) is 11.5. The van der Waals surface area contributed by atoms with Gasteiger partial charge in [-0.25, -0.2) is 4.39 Å². The van der Waals surface area contributed by atoms with Crippen molar-refractivity contribution >= 4 is 17.4 Å². The van der Waals surface area contributed by atoms with Crippen molar-refractivity contribution < 1.29 is 19.1 Å². The summed E-state index contributed by atoms with van der Waals surface area (Å²) in [5.41, 5.74) is 0.813. The molecule has 0 radical (unpaired) electrons. The van der Waals surface area contributed by atoms with Crippen molar-refractivity contribution in [3.8, 4) is 0 Å². The van der Waals surface area contributed by atoms with E-state index in [1.807, 2.05) is 36.4 Å². The summed E-state index contributed by atoms with van der Waals surface area (Å²) < 4.78 is 15.4. The fraction of sp³-hybridized carbons (Fsp3) is 0.440. The Balaban J connectivity index is 1.42. The molecule has 1 amide bonds. The molecule has 2 saturated heterocycles. The van der Waals surface area contributed by atoms with Gasteiger partial charge in [0.15, 0.2) is 12.1 Å². The summed E-state index contributed by atoms with van der Waals surface area (Å²) in [6.07, 6.45) is -0.332. The summed E-state index contributed by atoms with van der Waals surface area (Å²) in [4.78, 5) is 29.5. The molecular formula is C25H31FN4O3. The van der Waals surface area contributed by atoms with Gasteiger partial charge >= 0.3 is 0 Å². The van der Waals surface area contributed by atoms with Crippen molar-refractivity contribution in [3.63, 3.8) is 0 Å². The lowest BCUT2D eigenvalue weighted by atomic mass is 9.85. The van der Waals surface area contributed by atoms with E-state index in [2.05, 4.69) is 15.5 Å². The van der Waals surface area contributed by atoms with Crippen LogP contribution in [0.4, 0.5) is 10.1 Å². The number of hydrogen-bond acceptors (Lipinski definition) is 6. The molecule has 2 unspecified atom stereocenters. The second kappa shape index (κ2) is 10.4. The number of hydrogen-bond donors (Lipinski definition) is 3. The Hall–Kier alpha value is -2.81. The van der Waals surface area contributed by atoms with Crippen molar-refractivity contribution in [1.29, 1.82) is 0 Å². The highest BCUT2D eigenvalue weighted by atomic mass is 19.1. The second-order valence-corrected chi connectivity index (χ2v) is 8.63. The van der Waals surface area contributed by atoms with Gasteiger partial charge in [0, 0.05) is 37.3 Å². The van der Waals surface area contributed by atoms with Gasteiger partial charge in [0.2, 0.25) is 5.91 Å². The van der Waals surface area contributed by atoms with Gasteiger partial charge in [-0.3, -0.25) is 14.5 Å². The van der Waals surface area contributed by atoms with E-state index in [9.17, 15) is 14.7 Å². The lowest BCUT2D eigenvalue weighted by Crippen LogP contribution is -2.58. The van der Waals surface area contributed by atoms with E-state index in [-0.39, 0.29) is 31.3 Å². The number of halogens is 1. The first-order chi connectivity index (χ1) is 16.0. The predicted octanol–water partition coefficient (Wildman–Crippen LogP) is 1.93. The third kappa shape index (κ3) is 4.93. The number of carbonyl (C=O) groups is 2. The van der Waals surface area contributed by atoms with Crippen LogP contribution in [0.2, 0.25) is 0 Å². The van der Waals surface area contributed by atoms with Gasteiger partial charge in [-0.2, -0.15) is 0 Å². The molecule has 2 aromatic carbocycles. The SMILES string of the molecule is O=C(c1ccccc1)C(CC(F)N1CCC2(CC1)C(=O)NCN2c1ccccc1)NCCO. The van der Waals surface area contributed by atoms with Crippen molar-refractivity contribution in [2.75, 3.05) is 37.8 Å². The number of ketones is 1. The van der Waals surface area contributed by atoms with Gasteiger partial charge in [-0.05, 0) is 25.0 Å². The minimum atomic E-state index is -1.33. The molecule has 7 nitrogen and oxygen atoms in total. The average molecular weight is 455 g/mol. The third-order valence-electron chi connectivity index (χ3n) is 6.73. The van der Waals surface area contributed by atoms with E-state index < -0.39 is 17.9 Å². The molecule has 176 valence electrons. The number of para-hydroxylation sites is 1. The van der Waals surface area contributed by atoms with E-state index in [1.165, 1.54) is 0 Å². The molecule has 0 saturated carbocycles. The van der Waals surface area contributed by atoms with Crippen molar-refractivity contribution in [2.45, 2.75) is 37.1 Å². The van der Waals surface area contributed by atoms with Gasteiger partial charge in [0.05, 0.1) is 19.3 Å². The summed E-state index contributed by atoms with van der Waals surface area (Å²) in [6.45, 7) is 1.37. The van der Waals surface area contributed by atoms with Crippen LogP contribution in [-0.2, 0) is 4.79 Å².